The minimum Gasteiger partial charge on any atom is -0.472 e. The summed E-state index contributed by atoms with van der Waals surface area (Å²) in [6.07, 6.45) is 6.40. The van der Waals surface area contributed by atoms with Crippen molar-refractivity contribution in [3.63, 3.8) is 0 Å². The maximum Gasteiger partial charge on any atom is 0.233 e. The van der Waals surface area contributed by atoms with E-state index in [1.165, 1.54) is 0 Å². The van der Waals surface area contributed by atoms with E-state index in [2.05, 4.69) is 9.88 Å². The van der Waals surface area contributed by atoms with Crippen molar-refractivity contribution >= 4 is 5.91 Å². The van der Waals surface area contributed by atoms with Crippen LogP contribution in [0.1, 0.15) is 29.3 Å². The van der Waals surface area contributed by atoms with Crippen LogP contribution in [-0.2, 0) is 24.9 Å². The lowest BCUT2D eigenvalue weighted by molar-refractivity contribution is -0.137. The SMILES string of the molecule is Cn1cnc2c1C(C(=O)N1CCC1)CN(Cc1ccoc1)C2. The second-order valence-electron chi connectivity index (χ2n) is 6.22. The minimum absolute atomic E-state index is 0.108. The number of furan rings is 1. The molecular formula is C16H20N4O2. The Morgan fingerprint density at radius 3 is 3.00 bits per heavy atom. The van der Waals surface area contributed by atoms with Crippen LogP contribution in [0.5, 0.6) is 0 Å². The lowest BCUT2D eigenvalue weighted by Gasteiger charge is -2.38. The Balaban J connectivity index is 1.60. The number of imidazole rings is 1. The molecule has 0 spiro atoms. The molecule has 116 valence electrons. The zero-order valence-corrected chi connectivity index (χ0v) is 12.7. The first kappa shape index (κ1) is 13.6. The van der Waals surface area contributed by atoms with Crippen molar-refractivity contribution in [2.75, 3.05) is 19.6 Å². The molecule has 0 aliphatic carbocycles. The Morgan fingerprint density at radius 1 is 1.45 bits per heavy atom. The lowest BCUT2D eigenvalue weighted by atomic mass is 9.95. The summed E-state index contributed by atoms with van der Waals surface area (Å²) in [4.78, 5) is 21.5. The molecule has 1 amide bonds. The van der Waals surface area contributed by atoms with Gasteiger partial charge in [0.1, 0.15) is 0 Å². The van der Waals surface area contributed by atoms with Crippen molar-refractivity contribution in [3.8, 4) is 0 Å². The van der Waals surface area contributed by atoms with Gasteiger partial charge in [-0.3, -0.25) is 9.69 Å². The number of carbonyl (C=O) groups is 1. The number of amides is 1. The molecule has 1 fully saturated rings. The number of carbonyl (C=O) groups excluding carboxylic acids is 1. The number of hydrogen-bond donors (Lipinski definition) is 0. The van der Waals surface area contributed by atoms with Crippen LogP contribution in [0, 0.1) is 0 Å². The molecule has 0 bridgehead atoms. The average Bonchev–Trinajstić information content (AvgIpc) is 3.07. The zero-order chi connectivity index (χ0) is 15.1. The van der Waals surface area contributed by atoms with Gasteiger partial charge in [-0.15, -0.1) is 0 Å². The fraction of sp³-hybridized carbons (Fsp3) is 0.500. The molecule has 2 aliphatic heterocycles. The van der Waals surface area contributed by atoms with Crippen LogP contribution in [0.3, 0.4) is 0 Å². The van der Waals surface area contributed by atoms with Gasteiger partial charge < -0.3 is 13.9 Å². The summed E-state index contributed by atoms with van der Waals surface area (Å²) in [5.41, 5.74) is 3.24. The number of aryl methyl sites for hydroxylation is 1. The van der Waals surface area contributed by atoms with Gasteiger partial charge in [-0.05, 0) is 12.5 Å². The van der Waals surface area contributed by atoms with Gasteiger partial charge >= 0.3 is 0 Å². The number of nitrogens with zero attached hydrogens (tertiary/aromatic N) is 4. The molecule has 1 atom stereocenters. The van der Waals surface area contributed by atoms with Crippen LogP contribution in [0.4, 0.5) is 0 Å². The Morgan fingerprint density at radius 2 is 2.32 bits per heavy atom. The third-order valence-corrected chi connectivity index (χ3v) is 4.66. The third-order valence-electron chi connectivity index (χ3n) is 4.66. The van der Waals surface area contributed by atoms with Crippen molar-refractivity contribution in [2.24, 2.45) is 7.05 Å². The molecule has 0 radical (unpaired) electrons. The quantitative estimate of drug-likeness (QED) is 0.858. The molecule has 4 rings (SSSR count). The van der Waals surface area contributed by atoms with Crippen molar-refractivity contribution in [1.29, 1.82) is 0 Å². The predicted molar refractivity (Wildman–Crippen MR) is 80.0 cm³/mol. The molecular weight excluding hydrogens is 280 g/mol. The molecule has 4 heterocycles. The van der Waals surface area contributed by atoms with Gasteiger partial charge in [-0.25, -0.2) is 4.98 Å². The van der Waals surface area contributed by atoms with E-state index in [-0.39, 0.29) is 11.8 Å². The number of fused-ring (bicyclic) bond motifs is 1. The highest BCUT2D eigenvalue weighted by Gasteiger charge is 2.37. The van der Waals surface area contributed by atoms with Gasteiger partial charge in [0.05, 0.1) is 36.2 Å². The largest absolute Gasteiger partial charge is 0.472 e. The van der Waals surface area contributed by atoms with Crippen molar-refractivity contribution < 1.29 is 9.21 Å². The van der Waals surface area contributed by atoms with Gasteiger partial charge in [-0.1, -0.05) is 0 Å². The number of aromatic nitrogens is 2. The number of likely N-dealkylation sites (tertiary alicyclic amines) is 1. The van der Waals surface area contributed by atoms with Crippen molar-refractivity contribution in [3.05, 3.63) is 41.9 Å². The van der Waals surface area contributed by atoms with Crippen LogP contribution in [-0.4, -0.2) is 44.9 Å². The summed E-state index contributed by atoms with van der Waals surface area (Å²) < 4.78 is 7.15. The summed E-state index contributed by atoms with van der Waals surface area (Å²) in [6.45, 7) is 4.10. The highest BCUT2D eigenvalue weighted by atomic mass is 16.3. The summed E-state index contributed by atoms with van der Waals surface area (Å²) in [6, 6.07) is 1.97. The molecule has 0 N–H and O–H groups in total. The molecule has 22 heavy (non-hydrogen) atoms. The maximum atomic E-state index is 12.8. The van der Waals surface area contributed by atoms with E-state index >= 15 is 0 Å². The van der Waals surface area contributed by atoms with Crippen LogP contribution in [0.25, 0.3) is 0 Å². The highest BCUT2D eigenvalue weighted by molar-refractivity contribution is 5.84. The van der Waals surface area contributed by atoms with Gasteiger partial charge in [0, 0.05) is 45.3 Å². The van der Waals surface area contributed by atoms with E-state index < -0.39 is 0 Å². The van der Waals surface area contributed by atoms with Gasteiger partial charge in [0.2, 0.25) is 5.91 Å². The summed E-state index contributed by atoms with van der Waals surface area (Å²) >= 11 is 0. The first-order valence-electron chi connectivity index (χ1n) is 7.74. The maximum absolute atomic E-state index is 12.8. The highest BCUT2D eigenvalue weighted by Crippen LogP contribution is 2.31. The van der Waals surface area contributed by atoms with E-state index in [4.69, 9.17) is 4.42 Å². The summed E-state index contributed by atoms with van der Waals surface area (Å²) in [5.74, 6) is 0.136. The average molecular weight is 300 g/mol. The summed E-state index contributed by atoms with van der Waals surface area (Å²) in [5, 5.41) is 0. The van der Waals surface area contributed by atoms with Crippen LogP contribution >= 0.6 is 0 Å². The van der Waals surface area contributed by atoms with E-state index in [1.54, 1.807) is 12.5 Å². The van der Waals surface area contributed by atoms with Crippen LogP contribution in [0.15, 0.2) is 29.3 Å². The van der Waals surface area contributed by atoms with Crippen molar-refractivity contribution in [2.45, 2.75) is 25.4 Å². The zero-order valence-electron chi connectivity index (χ0n) is 12.7. The van der Waals surface area contributed by atoms with Gasteiger partial charge in [0.25, 0.3) is 0 Å². The first-order chi connectivity index (χ1) is 10.7. The van der Waals surface area contributed by atoms with Gasteiger partial charge in [0.15, 0.2) is 0 Å². The Bertz CT molecular complexity index is 672. The smallest absolute Gasteiger partial charge is 0.233 e. The fourth-order valence-electron chi connectivity index (χ4n) is 3.39. The molecule has 2 aliphatic rings. The fourth-order valence-corrected chi connectivity index (χ4v) is 3.39. The minimum atomic E-state index is -0.108. The molecule has 6 nitrogen and oxygen atoms in total. The number of hydrogen-bond acceptors (Lipinski definition) is 4. The second-order valence-corrected chi connectivity index (χ2v) is 6.22. The molecule has 1 saturated heterocycles. The van der Waals surface area contributed by atoms with Crippen molar-refractivity contribution in [1.82, 2.24) is 19.4 Å². The van der Waals surface area contributed by atoms with E-state index in [0.29, 0.717) is 0 Å². The molecule has 0 aromatic carbocycles. The Labute approximate surface area is 129 Å². The molecule has 2 aromatic rings. The molecule has 0 saturated carbocycles. The summed E-state index contributed by atoms with van der Waals surface area (Å²) in [7, 11) is 1.98. The van der Waals surface area contributed by atoms with Crippen LogP contribution in [0.2, 0.25) is 0 Å². The molecule has 2 aromatic heterocycles. The number of rotatable bonds is 3. The standard InChI is InChI=1S/C16H20N4O2/c1-18-11-17-14-9-19(7-12-3-6-22-10-12)8-13(15(14)18)16(21)20-4-2-5-20/h3,6,10-11,13H,2,4-5,7-9H2,1H3. The normalized spacial score (nSPS) is 21.5. The second kappa shape index (κ2) is 5.28. The Hall–Kier alpha value is -2.08. The van der Waals surface area contributed by atoms with Gasteiger partial charge in [-0.2, -0.15) is 0 Å². The monoisotopic (exact) mass is 300 g/mol. The third kappa shape index (κ3) is 2.23. The molecule has 6 heteroatoms. The van der Waals surface area contributed by atoms with E-state index in [9.17, 15) is 4.79 Å². The topological polar surface area (TPSA) is 54.5 Å². The van der Waals surface area contributed by atoms with Crippen LogP contribution < -0.4 is 0 Å². The van der Waals surface area contributed by atoms with E-state index in [1.807, 2.05) is 28.9 Å². The van der Waals surface area contributed by atoms with E-state index in [0.717, 1.165) is 56.1 Å². The lowest BCUT2D eigenvalue weighted by Crippen LogP contribution is -2.48. The predicted octanol–water partition coefficient (Wildman–Crippen LogP) is 1.34. The first-order valence-corrected chi connectivity index (χ1v) is 7.74. The Kier molecular flexibility index (Phi) is 3.26. The molecule has 1 unspecified atom stereocenters.